The highest BCUT2D eigenvalue weighted by atomic mass is 16.5. The summed E-state index contributed by atoms with van der Waals surface area (Å²) in [4.78, 5) is 13.5. The smallest absolute Gasteiger partial charge is 0.248 e. The molecule has 1 amide bonds. The van der Waals surface area contributed by atoms with Gasteiger partial charge < -0.3 is 15.4 Å². The number of carbonyl (C=O) groups excluding carboxylic acids is 1. The largest absolute Gasteiger partial charge is 0.457 e. The van der Waals surface area contributed by atoms with Crippen molar-refractivity contribution in [2.45, 2.75) is 26.7 Å². The van der Waals surface area contributed by atoms with E-state index in [0.29, 0.717) is 16.7 Å². The summed E-state index contributed by atoms with van der Waals surface area (Å²) in [6.07, 6.45) is 2.48. The summed E-state index contributed by atoms with van der Waals surface area (Å²) in [6, 6.07) is 15.0. The maximum Gasteiger partial charge on any atom is 0.248 e. The summed E-state index contributed by atoms with van der Waals surface area (Å²) in [5.41, 5.74) is 7.27. The van der Waals surface area contributed by atoms with Gasteiger partial charge in [0.25, 0.3) is 0 Å². The Labute approximate surface area is 143 Å². The third-order valence-corrected chi connectivity index (χ3v) is 4.46. The Morgan fingerprint density at radius 2 is 1.88 bits per heavy atom. The standard InChI is InChI=1S/C20H24N2O2/c1-20(2)11-4-12-22(14-20)16-5-3-6-18(13-16)24-17-9-7-15(8-10-17)19(21)23/h3,5-10,13H,4,11-12,14H2,1-2H3,(H2,21,23). The molecule has 1 aliphatic heterocycles. The molecule has 0 unspecified atom stereocenters. The number of primary amides is 1. The highest BCUT2D eigenvalue weighted by Crippen LogP contribution is 2.33. The van der Waals surface area contributed by atoms with E-state index in [0.717, 1.165) is 18.8 Å². The molecule has 4 heteroatoms. The summed E-state index contributed by atoms with van der Waals surface area (Å²) in [5, 5.41) is 0. The predicted octanol–water partition coefficient (Wildman–Crippen LogP) is 4.20. The number of nitrogens with zero attached hydrogens (tertiary/aromatic N) is 1. The summed E-state index contributed by atoms with van der Waals surface area (Å²) in [5.74, 6) is 1.05. The maximum atomic E-state index is 11.1. The quantitative estimate of drug-likeness (QED) is 0.917. The topological polar surface area (TPSA) is 55.6 Å². The van der Waals surface area contributed by atoms with E-state index in [1.165, 1.54) is 18.5 Å². The van der Waals surface area contributed by atoms with E-state index in [2.05, 4.69) is 30.9 Å². The molecule has 1 fully saturated rings. The summed E-state index contributed by atoms with van der Waals surface area (Å²) in [6.45, 7) is 6.78. The van der Waals surface area contributed by atoms with Crippen LogP contribution in [0.3, 0.4) is 0 Å². The fourth-order valence-corrected chi connectivity index (χ4v) is 3.21. The lowest BCUT2D eigenvalue weighted by Crippen LogP contribution is -2.40. The number of hydrogen-bond acceptors (Lipinski definition) is 3. The molecule has 1 heterocycles. The van der Waals surface area contributed by atoms with Crippen LogP contribution in [0.15, 0.2) is 48.5 Å². The lowest BCUT2D eigenvalue weighted by atomic mass is 9.84. The average Bonchev–Trinajstić information content (AvgIpc) is 2.55. The van der Waals surface area contributed by atoms with Crippen molar-refractivity contribution in [1.82, 2.24) is 0 Å². The molecule has 0 bridgehead atoms. The van der Waals surface area contributed by atoms with Crippen molar-refractivity contribution in [3.05, 3.63) is 54.1 Å². The van der Waals surface area contributed by atoms with Crippen LogP contribution in [0.25, 0.3) is 0 Å². The van der Waals surface area contributed by atoms with Gasteiger partial charge >= 0.3 is 0 Å². The summed E-state index contributed by atoms with van der Waals surface area (Å²) >= 11 is 0. The fourth-order valence-electron chi connectivity index (χ4n) is 3.21. The number of hydrogen-bond donors (Lipinski definition) is 1. The molecule has 126 valence electrons. The second-order valence-corrected chi connectivity index (χ2v) is 7.18. The van der Waals surface area contributed by atoms with Crippen LogP contribution in [0.2, 0.25) is 0 Å². The first kappa shape index (κ1) is 16.4. The number of piperidine rings is 1. The lowest BCUT2D eigenvalue weighted by Gasteiger charge is -2.39. The van der Waals surface area contributed by atoms with E-state index in [9.17, 15) is 4.79 Å². The zero-order chi connectivity index (χ0) is 17.2. The molecule has 0 saturated carbocycles. The average molecular weight is 324 g/mol. The molecule has 1 saturated heterocycles. The van der Waals surface area contributed by atoms with Gasteiger partial charge in [0.2, 0.25) is 5.91 Å². The third kappa shape index (κ3) is 3.88. The Morgan fingerprint density at radius 3 is 2.54 bits per heavy atom. The van der Waals surface area contributed by atoms with Crippen molar-refractivity contribution in [1.29, 1.82) is 0 Å². The van der Waals surface area contributed by atoms with Gasteiger partial charge in [-0.3, -0.25) is 4.79 Å². The summed E-state index contributed by atoms with van der Waals surface area (Å²) in [7, 11) is 0. The van der Waals surface area contributed by atoms with E-state index >= 15 is 0 Å². The van der Waals surface area contributed by atoms with Crippen molar-refractivity contribution < 1.29 is 9.53 Å². The zero-order valence-electron chi connectivity index (χ0n) is 14.3. The molecule has 0 aliphatic carbocycles. The predicted molar refractivity (Wildman–Crippen MR) is 96.7 cm³/mol. The number of benzene rings is 2. The SMILES string of the molecule is CC1(C)CCCN(c2cccc(Oc3ccc(C(N)=O)cc3)c2)C1. The van der Waals surface area contributed by atoms with Gasteiger partial charge in [-0.05, 0) is 54.7 Å². The van der Waals surface area contributed by atoms with Crippen LogP contribution in [-0.2, 0) is 0 Å². The first-order chi connectivity index (χ1) is 11.4. The van der Waals surface area contributed by atoms with E-state index in [4.69, 9.17) is 10.5 Å². The lowest BCUT2D eigenvalue weighted by molar-refractivity contribution is 0.100. The minimum absolute atomic E-state index is 0.347. The van der Waals surface area contributed by atoms with Crippen molar-refractivity contribution in [2.24, 2.45) is 11.1 Å². The number of nitrogens with two attached hydrogens (primary N) is 1. The van der Waals surface area contributed by atoms with E-state index in [1.807, 2.05) is 12.1 Å². The first-order valence-corrected chi connectivity index (χ1v) is 8.36. The third-order valence-electron chi connectivity index (χ3n) is 4.46. The van der Waals surface area contributed by atoms with E-state index in [1.54, 1.807) is 24.3 Å². The number of anilines is 1. The molecule has 2 aromatic carbocycles. The fraction of sp³-hybridized carbons (Fsp3) is 0.350. The molecule has 24 heavy (non-hydrogen) atoms. The minimum Gasteiger partial charge on any atom is -0.457 e. The van der Waals surface area contributed by atoms with Crippen molar-refractivity contribution in [3.63, 3.8) is 0 Å². The van der Waals surface area contributed by atoms with Gasteiger partial charge in [-0.2, -0.15) is 0 Å². The molecule has 2 N–H and O–H groups in total. The van der Waals surface area contributed by atoms with Crippen molar-refractivity contribution in [3.8, 4) is 11.5 Å². The van der Waals surface area contributed by atoms with Gasteiger partial charge in [0.15, 0.2) is 0 Å². The molecule has 1 aliphatic rings. The van der Waals surface area contributed by atoms with Crippen LogP contribution >= 0.6 is 0 Å². The van der Waals surface area contributed by atoms with Crippen LogP contribution in [0, 0.1) is 5.41 Å². The number of rotatable bonds is 4. The van der Waals surface area contributed by atoms with Gasteiger partial charge in [0, 0.05) is 30.4 Å². The van der Waals surface area contributed by atoms with Gasteiger partial charge in [-0.1, -0.05) is 19.9 Å². The molecule has 2 aromatic rings. The second-order valence-electron chi connectivity index (χ2n) is 7.18. The Kier molecular flexibility index (Phi) is 4.47. The maximum absolute atomic E-state index is 11.1. The van der Waals surface area contributed by atoms with Crippen molar-refractivity contribution in [2.75, 3.05) is 18.0 Å². The molecule has 4 nitrogen and oxygen atoms in total. The molecule has 3 rings (SSSR count). The molecular weight excluding hydrogens is 300 g/mol. The molecule has 0 spiro atoms. The van der Waals surface area contributed by atoms with Gasteiger partial charge in [-0.25, -0.2) is 0 Å². The second kappa shape index (κ2) is 6.56. The Morgan fingerprint density at radius 1 is 1.12 bits per heavy atom. The number of carbonyl (C=O) groups is 1. The van der Waals surface area contributed by atoms with Crippen LogP contribution < -0.4 is 15.4 Å². The van der Waals surface area contributed by atoms with Gasteiger partial charge in [0.05, 0.1) is 0 Å². The van der Waals surface area contributed by atoms with Crippen LogP contribution in [0.5, 0.6) is 11.5 Å². The minimum atomic E-state index is -0.434. The van der Waals surface area contributed by atoms with Crippen LogP contribution in [-0.4, -0.2) is 19.0 Å². The highest BCUT2D eigenvalue weighted by molar-refractivity contribution is 5.92. The normalized spacial score (nSPS) is 16.7. The molecule has 0 atom stereocenters. The Hall–Kier alpha value is -2.49. The molecule has 0 radical (unpaired) electrons. The monoisotopic (exact) mass is 324 g/mol. The Balaban J connectivity index is 1.74. The highest BCUT2D eigenvalue weighted by Gasteiger charge is 2.26. The van der Waals surface area contributed by atoms with Gasteiger partial charge in [-0.15, -0.1) is 0 Å². The van der Waals surface area contributed by atoms with Crippen molar-refractivity contribution >= 4 is 11.6 Å². The first-order valence-electron chi connectivity index (χ1n) is 8.36. The number of amides is 1. The van der Waals surface area contributed by atoms with E-state index < -0.39 is 5.91 Å². The van der Waals surface area contributed by atoms with E-state index in [-0.39, 0.29) is 0 Å². The van der Waals surface area contributed by atoms with Crippen LogP contribution in [0.1, 0.15) is 37.0 Å². The zero-order valence-corrected chi connectivity index (χ0v) is 14.3. The number of ether oxygens (including phenoxy) is 1. The molecular formula is C20H24N2O2. The van der Waals surface area contributed by atoms with Gasteiger partial charge in [0.1, 0.15) is 11.5 Å². The molecule has 0 aromatic heterocycles. The summed E-state index contributed by atoms with van der Waals surface area (Å²) < 4.78 is 5.92. The van der Waals surface area contributed by atoms with Crippen LogP contribution in [0.4, 0.5) is 5.69 Å². The Bertz CT molecular complexity index is 723.